The van der Waals surface area contributed by atoms with Crippen molar-refractivity contribution in [3.63, 3.8) is 0 Å². The number of anilines is 1. The van der Waals surface area contributed by atoms with Gasteiger partial charge in [-0.3, -0.25) is 5.10 Å². The average molecular weight is 261 g/mol. The number of piperidine rings is 1. The summed E-state index contributed by atoms with van der Waals surface area (Å²) in [7, 11) is 0. The molecule has 3 rings (SSSR count). The van der Waals surface area contributed by atoms with E-state index in [0.29, 0.717) is 5.92 Å². The first-order valence-corrected chi connectivity index (χ1v) is 6.70. The molecule has 6 nitrogen and oxygen atoms in total. The molecule has 1 aliphatic heterocycles. The number of hydrogen-bond donors (Lipinski definition) is 2. The largest absolute Gasteiger partial charge is 0.469 e. The van der Waals surface area contributed by atoms with E-state index in [1.165, 1.54) is 0 Å². The van der Waals surface area contributed by atoms with Crippen molar-refractivity contribution in [2.24, 2.45) is 11.7 Å². The molecule has 2 aromatic rings. The highest BCUT2D eigenvalue weighted by Crippen LogP contribution is 2.24. The number of aromatic amines is 1. The van der Waals surface area contributed by atoms with Crippen LogP contribution < -0.4 is 10.6 Å². The van der Waals surface area contributed by atoms with Gasteiger partial charge in [-0.15, -0.1) is 5.10 Å². The molecule has 0 aromatic carbocycles. The molecule has 3 heterocycles. The third-order valence-corrected chi connectivity index (χ3v) is 3.82. The van der Waals surface area contributed by atoms with Gasteiger partial charge in [-0.25, -0.2) is 0 Å². The number of rotatable bonds is 3. The molecule has 0 atom stereocenters. The van der Waals surface area contributed by atoms with E-state index in [1.54, 1.807) is 6.26 Å². The van der Waals surface area contributed by atoms with Crippen LogP contribution in [0.3, 0.4) is 0 Å². The normalized spacial score (nSPS) is 17.1. The summed E-state index contributed by atoms with van der Waals surface area (Å²) < 4.78 is 5.29. The van der Waals surface area contributed by atoms with Gasteiger partial charge in [-0.05, 0) is 38.3 Å². The molecule has 2 aromatic heterocycles. The molecule has 0 radical (unpaired) electrons. The number of hydrogen-bond acceptors (Lipinski definition) is 5. The Morgan fingerprint density at radius 2 is 2.26 bits per heavy atom. The lowest BCUT2D eigenvalue weighted by Gasteiger charge is -2.30. The molecule has 0 saturated carbocycles. The van der Waals surface area contributed by atoms with Crippen LogP contribution >= 0.6 is 0 Å². The summed E-state index contributed by atoms with van der Waals surface area (Å²) in [5.41, 5.74) is 6.67. The summed E-state index contributed by atoms with van der Waals surface area (Å²) in [5.74, 6) is 3.03. The molecule has 0 amide bonds. The van der Waals surface area contributed by atoms with Gasteiger partial charge in [0.25, 0.3) is 0 Å². The summed E-state index contributed by atoms with van der Waals surface area (Å²) in [4.78, 5) is 6.77. The van der Waals surface area contributed by atoms with Gasteiger partial charge in [0.05, 0.1) is 11.8 Å². The van der Waals surface area contributed by atoms with E-state index in [-0.39, 0.29) is 0 Å². The number of nitrogens with one attached hydrogen (secondary N) is 1. The van der Waals surface area contributed by atoms with E-state index >= 15 is 0 Å². The number of aryl methyl sites for hydroxylation is 1. The number of nitrogens with zero attached hydrogens (tertiary/aromatic N) is 3. The summed E-state index contributed by atoms with van der Waals surface area (Å²) in [6.45, 7) is 4.65. The Bertz CT molecular complexity index is 539. The van der Waals surface area contributed by atoms with E-state index in [0.717, 1.165) is 55.6 Å². The van der Waals surface area contributed by atoms with Crippen LogP contribution in [-0.2, 0) is 0 Å². The minimum absolute atomic E-state index is 0.644. The van der Waals surface area contributed by atoms with Crippen LogP contribution in [0.1, 0.15) is 18.6 Å². The van der Waals surface area contributed by atoms with Crippen molar-refractivity contribution >= 4 is 5.95 Å². The third-order valence-electron chi connectivity index (χ3n) is 3.82. The Balaban J connectivity index is 1.74. The quantitative estimate of drug-likeness (QED) is 0.875. The predicted molar refractivity (Wildman–Crippen MR) is 72.8 cm³/mol. The number of furan rings is 1. The molecule has 0 aliphatic carbocycles. The Kier molecular flexibility index (Phi) is 3.25. The van der Waals surface area contributed by atoms with Crippen LogP contribution in [-0.4, -0.2) is 34.8 Å². The highest BCUT2D eigenvalue weighted by Gasteiger charge is 2.21. The molecule has 0 spiro atoms. The van der Waals surface area contributed by atoms with Crippen LogP contribution in [0.25, 0.3) is 11.4 Å². The van der Waals surface area contributed by atoms with E-state index < -0.39 is 0 Å². The fraction of sp³-hybridized carbons (Fsp3) is 0.538. The van der Waals surface area contributed by atoms with Gasteiger partial charge in [0.1, 0.15) is 5.76 Å². The number of nitrogens with two attached hydrogens (primary N) is 1. The van der Waals surface area contributed by atoms with Gasteiger partial charge in [-0.1, -0.05) is 0 Å². The van der Waals surface area contributed by atoms with Crippen LogP contribution in [0.4, 0.5) is 5.95 Å². The lowest BCUT2D eigenvalue weighted by atomic mass is 9.97. The molecule has 1 aliphatic rings. The van der Waals surface area contributed by atoms with Gasteiger partial charge in [0, 0.05) is 13.1 Å². The maximum absolute atomic E-state index is 5.71. The highest BCUT2D eigenvalue weighted by atomic mass is 16.3. The first kappa shape index (κ1) is 12.2. The Morgan fingerprint density at radius 3 is 2.89 bits per heavy atom. The van der Waals surface area contributed by atoms with Gasteiger partial charge in [-0.2, -0.15) is 4.98 Å². The number of aromatic nitrogens is 3. The van der Waals surface area contributed by atoms with Crippen molar-refractivity contribution in [2.45, 2.75) is 19.8 Å². The Labute approximate surface area is 112 Å². The Morgan fingerprint density at radius 1 is 1.47 bits per heavy atom. The van der Waals surface area contributed by atoms with E-state index in [2.05, 4.69) is 20.1 Å². The molecular formula is C13H19N5O. The van der Waals surface area contributed by atoms with Crippen LogP contribution in [0, 0.1) is 12.8 Å². The van der Waals surface area contributed by atoms with Crippen LogP contribution in [0.2, 0.25) is 0 Å². The van der Waals surface area contributed by atoms with Crippen molar-refractivity contribution in [3.8, 4) is 11.4 Å². The molecule has 3 N–H and O–H groups in total. The van der Waals surface area contributed by atoms with Crippen molar-refractivity contribution < 1.29 is 4.42 Å². The molecule has 6 heteroatoms. The SMILES string of the molecule is Cc1occc1-c1nc(N2CCC(CN)CC2)n[nH]1. The minimum atomic E-state index is 0.644. The van der Waals surface area contributed by atoms with E-state index in [9.17, 15) is 0 Å². The second-order valence-corrected chi connectivity index (χ2v) is 5.04. The van der Waals surface area contributed by atoms with Crippen molar-refractivity contribution in [1.82, 2.24) is 15.2 Å². The molecule has 102 valence electrons. The van der Waals surface area contributed by atoms with Crippen LogP contribution in [0.15, 0.2) is 16.7 Å². The zero-order valence-corrected chi connectivity index (χ0v) is 11.1. The molecule has 1 saturated heterocycles. The molecular weight excluding hydrogens is 242 g/mol. The van der Waals surface area contributed by atoms with Crippen LogP contribution in [0.5, 0.6) is 0 Å². The first-order chi connectivity index (χ1) is 9.28. The average Bonchev–Trinajstić information content (AvgIpc) is 3.07. The van der Waals surface area contributed by atoms with Gasteiger partial charge in [0.15, 0.2) is 5.82 Å². The van der Waals surface area contributed by atoms with Crippen molar-refractivity contribution in [1.29, 1.82) is 0 Å². The van der Waals surface area contributed by atoms with Crippen molar-refractivity contribution in [3.05, 3.63) is 18.1 Å². The fourth-order valence-electron chi connectivity index (χ4n) is 2.51. The molecule has 19 heavy (non-hydrogen) atoms. The summed E-state index contributed by atoms with van der Waals surface area (Å²) in [6, 6.07) is 1.90. The zero-order chi connectivity index (χ0) is 13.2. The smallest absolute Gasteiger partial charge is 0.245 e. The van der Waals surface area contributed by atoms with Gasteiger partial charge in [0.2, 0.25) is 5.95 Å². The lowest BCUT2D eigenvalue weighted by Crippen LogP contribution is -2.36. The standard InChI is InChI=1S/C13H19N5O/c1-9-11(4-7-19-9)12-15-13(17-16-12)18-5-2-10(8-14)3-6-18/h4,7,10H,2-3,5-6,8,14H2,1H3,(H,15,16,17). The monoisotopic (exact) mass is 261 g/mol. The zero-order valence-electron chi connectivity index (χ0n) is 11.1. The van der Waals surface area contributed by atoms with Gasteiger partial charge < -0.3 is 15.1 Å². The molecule has 0 bridgehead atoms. The molecule has 0 unspecified atom stereocenters. The first-order valence-electron chi connectivity index (χ1n) is 6.70. The minimum Gasteiger partial charge on any atom is -0.469 e. The Hall–Kier alpha value is -1.82. The van der Waals surface area contributed by atoms with Gasteiger partial charge >= 0.3 is 0 Å². The fourth-order valence-corrected chi connectivity index (χ4v) is 2.51. The predicted octanol–water partition coefficient (Wildman–Crippen LogP) is 1.55. The maximum atomic E-state index is 5.71. The second kappa shape index (κ2) is 5.05. The highest BCUT2D eigenvalue weighted by molar-refractivity contribution is 5.58. The van der Waals surface area contributed by atoms with E-state index in [1.807, 2.05) is 13.0 Å². The third kappa shape index (κ3) is 2.35. The lowest BCUT2D eigenvalue weighted by molar-refractivity contribution is 0.411. The second-order valence-electron chi connectivity index (χ2n) is 5.04. The van der Waals surface area contributed by atoms with Crippen molar-refractivity contribution in [2.75, 3.05) is 24.5 Å². The summed E-state index contributed by atoms with van der Waals surface area (Å²) in [5, 5.41) is 7.29. The summed E-state index contributed by atoms with van der Waals surface area (Å²) in [6.07, 6.45) is 3.90. The van der Waals surface area contributed by atoms with E-state index in [4.69, 9.17) is 10.2 Å². The number of H-pyrrole nitrogens is 1. The maximum Gasteiger partial charge on any atom is 0.245 e. The topological polar surface area (TPSA) is 84.0 Å². The molecule has 1 fully saturated rings. The summed E-state index contributed by atoms with van der Waals surface area (Å²) >= 11 is 0.